The molecule has 4 aromatic rings. The number of nitrogens with one attached hydrogen (secondary N) is 3. The van der Waals surface area contributed by atoms with Crippen LogP contribution in [-0.2, 0) is 6.54 Å². The molecule has 0 unspecified atom stereocenters. The van der Waals surface area contributed by atoms with Crippen LogP contribution in [0, 0.1) is 5.82 Å². The molecule has 3 N–H and O–H groups in total. The van der Waals surface area contributed by atoms with Gasteiger partial charge in [0, 0.05) is 55.2 Å². The Balaban J connectivity index is 1.19. The second-order valence-electron chi connectivity index (χ2n) is 8.86. The number of hydrogen-bond donors (Lipinski definition) is 3. The minimum absolute atomic E-state index is 0.196. The molecule has 0 aliphatic heterocycles. The number of nitrogens with zero attached hydrogens (tertiary/aromatic N) is 3. The van der Waals surface area contributed by atoms with Crippen molar-refractivity contribution in [3.05, 3.63) is 60.0 Å². The second kappa shape index (κ2) is 8.74. The van der Waals surface area contributed by atoms with Crippen molar-refractivity contribution in [2.45, 2.75) is 44.3 Å². The monoisotopic (exact) mass is 432 g/mol. The molecule has 0 saturated heterocycles. The van der Waals surface area contributed by atoms with E-state index in [2.05, 4.69) is 21.7 Å². The van der Waals surface area contributed by atoms with Gasteiger partial charge in [0.2, 0.25) is 5.95 Å². The van der Waals surface area contributed by atoms with Gasteiger partial charge >= 0.3 is 0 Å². The molecule has 1 aliphatic carbocycles. The highest BCUT2D eigenvalue weighted by atomic mass is 19.1. The van der Waals surface area contributed by atoms with E-state index in [1.54, 1.807) is 12.1 Å². The van der Waals surface area contributed by atoms with Crippen molar-refractivity contribution in [2.24, 2.45) is 0 Å². The Bertz CT molecular complexity index is 1230. The van der Waals surface area contributed by atoms with E-state index in [0.29, 0.717) is 18.0 Å². The second-order valence-corrected chi connectivity index (χ2v) is 8.86. The van der Waals surface area contributed by atoms with Gasteiger partial charge in [0.25, 0.3) is 0 Å². The molecular weight excluding hydrogens is 403 g/mol. The van der Waals surface area contributed by atoms with E-state index in [9.17, 15) is 4.39 Å². The fourth-order valence-electron chi connectivity index (χ4n) is 4.64. The summed E-state index contributed by atoms with van der Waals surface area (Å²) in [4.78, 5) is 14.8. The molecule has 6 nitrogen and oxygen atoms in total. The topological polar surface area (TPSA) is 68.9 Å². The van der Waals surface area contributed by atoms with Gasteiger partial charge in [0.15, 0.2) is 0 Å². The predicted octanol–water partition coefficient (Wildman–Crippen LogP) is 4.83. The summed E-state index contributed by atoms with van der Waals surface area (Å²) in [5.74, 6) is 1.44. The van der Waals surface area contributed by atoms with E-state index in [1.807, 2.05) is 43.4 Å². The first-order valence-corrected chi connectivity index (χ1v) is 11.3. The zero-order valence-electron chi connectivity index (χ0n) is 18.5. The number of hydrogen-bond acceptors (Lipinski definition) is 5. The molecule has 1 saturated carbocycles. The van der Waals surface area contributed by atoms with Gasteiger partial charge in [0.1, 0.15) is 11.6 Å². The summed E-state index contributed by atoms with van der Waals surface area (Å²) in [7, 11) is 4.02. The molecule has 166 valence electrons. The van der Waals surface area contributed by atoms with Crippen LogP contribution in [0.15, 0.2) is 48.7 Å². The Kier molecular flexibility index (Phi) is 5.66. The van der Waals surface area contributed by atoms with Gasteiger partial charge < -0.3 is 20.5 Å². The summed E-state index contributed by atoms with van der Waals surface area (Å²) >= 11 is 0. The summed E-state index contributed by atoms with van der Waals surface area (Å²) in [5.41, 5.74) is 3.04. The van der Waals surface area contributed by atoms with Crippen LogP contribution in [0.3, 0.4) is 0 Å². The van der Waals surface area contributed by atoms with Gasteiger partial charge in [-0.3, -0.25) is 0 Å². The number of aromatic amines is 1. The van der Waals surface area contributed by atoms with Gasteiger partial charge in [0.05, 0.1) is 5.52 Å². The van der Waals surface area contributed by atoms with Crippen molar-refractivity contribution in [2.75, 3.05) is 24.3 Å². The normalized spacial score (nSPS) is 18.8. The lowest BCUT2D eigenvalue weighted by molar-refractivity contribution is 0.352. The molecule has 2 heterocycles. The van der Waals surface area contributed by atoms with Crippen molar-refractivity contribution in [1.82, 2.24) is 20.3 Å². The first kappa shape index (κ1) is 20.7. The van der Waals surface area contributed by atoms with Crippen molar-refractivity contribution >= 4 is 33.6 Å². The average Bonchev–Trinajstić information content (AvgIpc) is 3.20. The molecule has 2 aromatic heterocycles. The number of fused-ring (bicyclic) bond motifs is 2. The number of halogens is 1. The standard InChI is InChI=1S/C25H29FN6/c1-32(2)24-20-5-3-4-6-23(20)30-25(31-24)29-19-10-8-18(9-11-19)27-14-16-15-28-22-12-7-17(26)13-21(16)22/h3-7,12-13,15,18-19,27-28H,8-11,14H2,1-2H3,(H,29,30,31). The van der Waals surface area contributed by atoms with Crippen molar-refractivity contribution in [1.29, 1.82) is 0 Å². The molecule has 5 rings (SSSR count). The van der Waals surface area contributed by atoms with Crippen LogP contribution < -0.4 is 15.5 Å². The molecule has 0 bridgehead atoms. The predicted molar refractivity (Wildman–Crippen MR) is 129 cm³/mol. The van der Waals surface area contributed by atoms with Gasteiger partial charge in [-0.2, -0.15) is 4.98 Å². The maximum Gasteiger partial charge on any atom is 0.225 e. The van der Waals surface area contributed by atoms with Gasteiger partial charge in [-0.1, -0.05) is 12.1 Å². The number of aromatic nitrogens is 3. The van der Waals surface area contributed by atoms with Gasteiger partial charge in [-0.05, 0) is 61.6 Å². The Morgan fingerprint density at radius 3 is 2.59 bits per heavy atom. The Morgan fingerprint density at radius 1 is 1.00 bits per heavy atom. The summed E-state index contributed by atoms with van der Waals surface area (Å²) in [6, 6.07) is 13.8. The average molecular weight is 433 g/mol. The van der Waals surface area contributed by atoms with Gasteiger partial charge in [-0.15, -0.1) is 0 Å². The summed E-state index contributed by atoms with van der Waals surface area (Å²) < 4.78 is 13.6. The SMILES string of the molecule is CN(C)c1nc(NC2CCC(NCc3c[nH]c4ccc(F)cc34)CC2)nc2ccccc12. The summed E-state index contributed by atoms with van der Waals surface area (Å²) in [6.07, 6.45) is 6.27. The van der Waals surface area contributed by atoms with Crippen LogP contribution in [-0.4, -0.2) is 41.1 Å². The first-order valence-electron chi connectivity index (χ1n) is 11.3. The third kappa shape index (κ3) is 4.25. The van der Waals surface area contributed by atoms with Crippen LogP contribution in [0.4, 0.5) is 16.2 Å². The summed E-state index contributed by atoms with van der Waals surface area (Å²) in [5, 5.41) is 9.25. The fourth-order valence-corrected chi connectivity index (χ4v) is 4.64. The third-order valence-corrected chi connectivity index (χ3v) is 6.38. The number of rotatable bonds is 6. The molecule has 0 atom stereocenters. The van der Waals surface area contributed by atoms with Crippen LogP contribution in [0.1, 0.15) is 31.2 Å². The molecule has 1 aliphatic rings. The lowest BCUT2D eigenvalue weighted by Crippen LogP contribution is -2.36. The van der Waals surface area contributed by atoms with E-state index in [0.717, 1.165) is 65.4 Å². The van der Waals surface area contributed by atoms with Gasteiger partial charge in [-0.25, -0.2) is 9.37 Å². The molecule has 32 heavy (non-hydrogen) atoms. The highest BCUT2D eigenvalue weighted by Crippen LogP contribution is 2.27. The van der Waals surface area contributed by atoms with Crippen LogP contribution >= 0.6 is 0 Å². The lowest BCUT2D eigenvalue weighted by atomic mass is 9.91. The maximum atomic E-state index is 13.6. The highest BCUT2D eigenvalue weighted by molar-refractivity contribution is 5.90. The van der Waals surface area contributed by atoms with Crippen LogP contribution in [0.5, 0.6) is 0 Å². The highest BCUT2D eigenvalue weighted by Gasteiger charge is 2.22. The van der Waals surface area contributed by atoms with E-state index < -0.39 is 0 Å². The van der Waals surface area contributed by atoms with Crippen molar-refractivity contribution in [3.8, 4) is 0 Å². The number of benzene rings is 2. The van der Waals surface area contributed by atoms with Crippen LogP contribution in [0.2, 0.25) is 0 Å². The Hall–Kier alpha value is -3.19. The third-order valence-electron chi connectivity index (χ3n) is 6.38. The lowest BCUT2D eigenvalue weighted by Gasteiger charge is -2.30. The maximum absolute atomic E-state index is 13.6. The minimum Gasteiger partial charge on any atom is -0.362 e. The van der Waals surface area contributed by atoms with E-state index in [-0.39, 0.29) is 5.82 Å². The molecule has 0 amide bonds. The Labute approximate surface area is 187 Å². The quantitative estimate of drug-likeness (QED) is 0.407. The van der Waals surface area contributed by atoms with E-state index >= 15 is 0 Å². The first-order chi connectivity index (χ1) is 15.6. The van der Waals surface area contributed by atoms with Crippen LogP contribution in [0.25, 0.3) is 21.8 Å². The molecular formula is C25H29FN6. The van der Waals surface area contributed by atoms with Crippen molar-refractivity contribution < 1.29 is 4.39 Å². The number of H-pyrrole nitrogens is 1. The molecule has 0 spiro atoms. The molecule has 7 heteroatoms. The smallest absolute Gasteiger partial charge is 0.225 e. The number of anilines is 2. The fraction of sp³-hybridized carbons (Fsp3) is 0.360. The molecule has 0 radical (unpaired) electrons. The zero-order valence-corrected chi connectivity index (χ0v) is 18.5. The Morgan fingerprint density at radius 2 is 1.78 bits per heavy atom. The molecule has 1 fully saturated rings. The zero-order chi connectivity index (χ0) is 22.1. The largest absolute Gasteiger partial charge is 0.362 e. The van der Waals surface area contributed by atoms with Crippen molar-refractivity contribution in [3.63, 3.8) is 0 Å². The summed E-state index contributed by atoms with van der Waals surface area (Å²) in [6.45, 7) is 0.742. The van der Waals surface area contributed by atoms with E-state index in [1.165, 1.54) is 6.07 Å². The minimum atomic E-state index is -0.196. The number of para-hydroxylation sites is 1. The van der Waals surface area contributed by atoms with E-state index in [4.69, 9.17) is 9.97 Å². The molecule has 2 aromatic carbocycles.